The molecule has 0 radical (unpaired) electrons. The number of ketones is 1. The van der Waals surface area contributed by atoms with Crippen molar-refractivity contribution in [2.45, 2.75) is 67.0 Å². The van der Waals surface area contributed by atoms with Gasteiger partial charge in [-0.25, -0.2) is 4.68 Å². The van der Waals surface area contributed by atoms with Gasteiger partial charge in [0.2, 0.25) is 0 Å². The summed E-state index contributed by atoms with van der Waals surface area (Å²) in [6.45, 7) is 14.4. The van der Waals surface area contributed by atoms with Crippen molar-refractivity contribution in [1.82, 2.24) is 9.36 Å². The molecule has 1 heterocycles. The molecule has 0 spiro atoms. The lowest BCUT2D eigenvalue weighted by Crippen LogP contribution is -2.29. The first-order chi connectivity index (χ1) is 9.16. The van der Waals surface area contributed by atoms with Crippen LogP contribution in [0.5, 0.6) is 0 Å². The third-order valence-corrected chi connectivity index (χ3v) is 4.10. The van der Waals surface area contributed by atoms with Gasteiger partial charge < -0.3 is 0 Å². The molecular weight excluding hydrogens is 252 g/mol. The molecule has 0 N–H and O–H groups in total. The van der Waals surface area contributed by atoms with Crippen LogP contribution in [0.3, 0.4) is 0 Å². The summed E-state index contributed by atoms with van der Waals surface area (Å²) in [5, 5.41) is 0. The summed E-state index contributed by atoms with van der Waals surface area (Å²) in [6.07, 6.45) is 1.95. The first-order valence-corrected chi connectivity index (χ1v) is 7.49. The molecule has 0 aliphatic heterocycles. The third-order valence-electron chi connectivity index (χ3n) is 4.10. The summed E-state index contributed by atoms with van der Waals surface area (Å²) >= 11 is 0. The summed E-state index contributed by atoms with van der Waals surface area (Å²) in [7, 11) is 0. The second-order valence-electron chi connectivity index (χ2n) is 6.48. The van der Waals surface area contributed by atoms with Gasteiger partial charge in [-0.2, -0.15) is 0 Å². The standard InChI is InChI=1S/C16H28N2O2/c1-10(2)15-9-17(18(11(3)4)16(15)20)8-12(5)13(6)14(7)19/h9-13H,8H2,1-7H3. The van der Waals surface area contributed by atoms with Crippen LogP contribution in [0.4, 0.5) is 0 Å². The Hall–Kier alpha value is -1.32. The molecule has 2 unspecified atom stereocenters. The molecule has 0 fully saturated rings. The van der Waals surface area contributed by atoms with Crippen molar-refractivity contribution in [2.75, 3.05) is 0 Å². The van der Waals surface area contributed by atoms with Crippen LogP contribution in [0, 0.1) is 11.8 Å². The molecule has 4 nitrogen and oxygen atoms in total. The maximum atomic E-state index is 12.4. The Balaban J connectivity index is 3.15. The molecular formula is C16H28N2O2. The average molecular weight is 280 g/mol. The summed E-state index contributed by atoms with van der Waals surface area (Å²) < 4.78 is 3.80. The second kappa shape index (κ2) is 6.42. The van der Waals surface area contributed by atoms with Gasteiger partial charge in [0.1, 0.15) is 5.78 Å². The number of rotatable bonds is 6. The Labute approximate surface area is 121 Å². The van der Waals surface area contributed by atoms with Crippen molar-refractivity contribution >= 4 is 5.78 Å². The van der Waals surface area contributed by atoms with Gasteiger partial charge in [-0.3, -0.25) is 14.3 Å². The second-order valence-corrected chi connectivity index (χ2v) is 6.48. The van der Waals surface area contributed by atoms with Crippen LogP contribution in [-0.4, -0.2) is 15.1 Å². The normalized spacial score (nSPS) is 14.8. The largest absolute Gasteiger partial charge is 0.300 e. The predicted octanol–water partition coefficient (Wildman–Crippen LogP) is 3.22. The van der Waals surface area contributed by atoms with E-state index in [9.17, 15) is 9.59 Å². The van der Waals surface area contributed by atoms with E-state index in [1.807, 2.05) is 45.5 Å². The molecule has 114 valence electrons. The summed E-state index contributed by atoms with van der Waals surface area (Å²) in [4.78, 5) is 23.9. The minimum absolute atomic E-state index is 0.00983. The SMILES string of the molecule is CC(=O)C(C)C(C)Cn1cc(C(C)C)c(=O)n1C(C)C. The van der Waals surface area contributed by atoms with Gasteiger partial charge >= 0.3 is 0 Å². The van der Waals surface area contributed by atoms with Gasteiger partial charge in [0, 0.05) is 30.3 Å². The Morgan fingerprint density at radius 3 is 2.10 bits per heavy atom. The molecule has 0 saturated heterocycles. The number of hydrogen-bond donors (Lipinski definition) is 0. The molecule has 2 atom stereocenters. The van der Waals surface area contributed by atoms with Gasteiger partial charge in [-0.1, -0.05) is 27.7 Å². The maximum absolute atomic E-state index is 12.4. The van der Waals surface area contributed by atoms with E-state index in [-0.39, 0.29) is 35.1 Å². The van der Waals surface area contributed by atoms with Gasteiger partial charge in [-0.15, -0.1) is 0 Å². The lowest BCUT2D eigenvalue weighted by Gasteiger charge is -2.21. The number of hydrogen-bond acceptors (Lipinski definition) is 2. The van der Waals surface area contributed by atoms with Crippen LogP contribution in [0.15, 0.2) is 11.0 Å². The lowest BCUT2D eigenvalue weighted by molar-refractivity contribution is -0.121. The number of nitrogens with zero attached hydrogens (tertiary/aromatic N) is 2. The molecule has 0 amide bonds. The van der Waals surface area contributed by atoms with E-state index in [1.54, 1.807) is 11.6 Å². The number of aromatic nitrogens is 2. The number of Topliss-reactive ketones (excluding diaryl/α,β-unsaturated/α-hetero) is 1. The fourth-order valence-corrected chi connectivity index (χ4v) is 2.45. The summed E-state index contributed by atoms with van der Waals surface area (Å²) in [6, 6.07) is 0.120. The van der Waals surface area contributed by atoms with Crippen LogP contribution in [0.1, 0.15) is 66.0 Å². The average Bonchev–Trinajstić information content (AvgIpc) is 2.64. The fourth-order valence-electron chi connectivity index (χ4n) is 2.45. The smallest absolute Gasteiger partial charge is 0.270 e. The van der Waals surface area contributed by atoms with E-state index in [1.165, 1.54) is 0 Å². The minimum Gasteiger partial charge on any atom is -0.300 e. The Morgan fingerprint density at radius 2 is 1.70 bits per heavy atom. The highest BCUT2D eigenvalue weighted by atomic mass is 16.1. The minimum atomic E-state index is 0.00983. The third kappa shape index (κ3) is 3.41. The Morgan fingerprint density at radius 1 is 1.15 bits per heavy atom. The van der Waals surface area contributed by atoms with E-state index in [2.05, 4.69) is 6.92 Å². The first-order valence-electron chi connectivity index (χ1n) is 7.49. The van der Waals surface area contributed by atoms with Crippen LogP contribution in [0.2, 0.25) is 0 Å². The topological polar surface area (TPSA) is 44.0 Å². The molecule has 1 rings (SSSR count). The summed E-state index contributed by atoms with van der Waals surface area (Å²) in [5.41, 5.74) is 0.944. The van der Waals surface area contributed by atoms with Gasteiger partial charge in [0.25, 0.3) is 5.56 Å². The lowest BCUT2D eigenvalue weighted by atomic mass is 9.93. The van der Waals surface area contributed by atoms with Gasteiger partial charge in [0.05, 0.1) is 0 Å². The number of carbonyl (C=O) groups is 1. The molecule has 0 saturated carbocycles. The predicted molar refractivity (Wildman–Crippen MR) is 82.2 cm³/mol. The molecule has 1 aromatic rings. The van der Waals surface area contributed by atoms with Crippen molar-refractivity contribution in [1.29, 1.82) is 0 Å². The Kier molecular flexibility index (Phi) is 5.37. The molecule has 0 bridgehead atoms. The van der Waals surface area contributed by atoms with Gasteiger partial charge in [0.15, 0.2) is 0 Å². The van der Waals surface area contributed by atoms with Crippen LogP contribution in [-0.2, 0) is 11.3 Å². The number of carbonyl (C=O) groups excluding carboxylic acids is 1. The highest BCUT2D eigenvalue weighted by molar-refractivity contribution is 5.78. The quantitative estimate of drug-likeness (QED) is 0.803. The monoisotopic (exact) mass is 280 g/mol. The zero-order valence-corrected chi connectivity index (χ0v) is 13.8. The Bertz CT molecular complexity index is 523. The van der Waals surface area contributed by atoms with Crippen molar-refractivity contribution in [2.24, 2.45) is 11.8 Å². The van der Waals surface area contributed by atoms with E-state index in [4.69, 9.17) is 0 Å². The van der Waals surface area contributed by atoms with Crippen LogP contribution in [0.25, 0.3) is 0 Å². The maximum Gasteiger partial charge on any atom is 0.270 e. The molecule has 20 heavy (non-hydrogen) atoms. The van der Waals surface area contributed by atoms with Crippen molar-refractivity contribution in [3.8, 4) is 0 Å². The highest BCUT2D eigenvalue weighted by Gasteiger charge is 2.21. The van der Waals surface area contributed by atoms with E-state index >= 15 is 0 Å². The fraction of sp³-hybridized carbons (Fsp3) is 0.750. The van der Waals surface area contributed by atoms with Crippen molar-refractivity contribution < 1.29 is 4.79 Å². The van der Waals surface area contributed by atoms with Gasteiger partial charge in [-0.05, 0) is 32.6 Å². The first kappa shape index (κ1) is 16.7. The van der Waals surface area contributed by atoms with Crippen molar-refractivity contribution in [3.63, 3.8) is 0 Å². The van der Waals surface area contributed by atoms with Crippen LogP contribution < -0.4 is 5.56 Å². The molecule has 0 aromatic carbocycles. The van der Waals surface area contributed by atoms with Crippen molar-refractivity contribution in [3.05, 3.63) is 22.1 Å². The highest BCUT2D eigenvalue weighted by Crippen LogP contribution is 2.18. The molecule has 0 aliphatic carbocycles. The molecule has 0 aliphatic rings. The van der Waals surface area contributed by atoms with E-state index in [0.717, 1.165) is 5.56 Å². The molecule has 4 heteroatoms. The molecule has 1 aromatic heterocycles. The zero-order chi connectivity index (χ0) is 15.6. The van der Waals surface area contributed by atoms with E-state index in [0.29, 0.717) is 6.54 Å². The summed E-state index contributed by atoms with van der Waals surface area (Å²) in [5.74, 6) is 0.640. The zero-order valence-electron chi connectivity index (χ0n) is 13.8. The van der Waals surface area contributed by atoms with E-state index < -0.39 is 0 Å². The van der Waals surface area contributed by atoms with Crippen LogP contribution >= 0.6 is 0 Å².